The molecule has 27 heavy (non-hydrogen) atoms. The van der Waals surface area contributed by atoms with E-state index in [1.165, 1.54) is 11.1 Å². The van der Waals surface area contributed by atoms with Crippen molar-refractivity contribution in [1.82, 2.24) is 5.32 Å². The van der Waals surface area contributed by atoms with Crippen LogP contribution in [0.1, 0.15) is 43.2 Å². The Kier molecular flexibility index (Phi) is 7.06. The van der Waals surface area contributed by atoms with Crippen molar-refractivity contribution >= 4 is 0 Å². The van der Waals surface area contributed by atoms with Crippen LogP contribution in [0.25, 0.3) is 11.1 Å². The lowest BCUT2D eigenvalue weighted by Crippen LogP contribution is -2.44. The van der Waals surface area contributed by atoms with Crippen LogP contribution < -0.4 is 5.32 Å². The Morgan fingerprint density at radius 3 is 2.74 bits per heavy atom. The Morgan fingerprint density at radius 2 is 2.00 bits per heavy atom. The van der Waals surface area contributed by atoms with Crippen molar-refractivity contribution in [2.75, 3.05) is 26.8 Å². The molecular weight excluding hydrogens is 334 g/mol. The summed E-state index contributed by atoms with van der Waals surface area (Å²) < 4.78 is 5.22. The fraction of sp³-hybridized carbons (Fsp3) is 0.500. The number of benzene rings is 2. The highest BCUT2D eigenvalue weighted by atomic mass is 16.5. The van der Waals surface area contributed by atoms with Crippen molar-refractivity contribution in [2.45, 2.75) is 44.6 Å². The first kappa shape index (κ1) is 20.1. The molecule has 1 aliphatic heterocycles. The Balaban J connectivity index is 1.98. The lowest BCUT2D eigenvalue weighted by Gasteiger charge is -2.40. The standard InChI is InChI=1S/C24H33NO2/c1-19-9-7-10-20(17-19)22-12-3-4-13-23(22)24(26,14-5-6-16-27-2)21-11-8-15-25-18-21/h3-4,7,9-10,12-13,17,21,25-26H,5-6,8,11,14-16,18H2,1-2H3/t21?,24-/m0/s1. The van der Waals surface area contributed by atoms with Gasteiger partial charge in [0.15, 0.2) is 0 Å². The molecule has 1 aliphatic rings. The van der Waals surface area contributed by atoms with E-state index in [9.17, 15) is 5.11 Å². The van der Waals surface area contributed by atoms with Gasteiger partial charge in [0.1, 0.15) is 0 Å². The summed E-state index contributed by atoms with van der Waals surface area (Å²) in [6.07, 6.45) is 4.90. The van der Waals surface area contributed by atoms with E-state index in [1.54, 1.807) is 7.11 Å². The quantitative estimate of drug-likeness (QED) is 0.667. The summed E-state index contributed by atoms with van der Waals surface area (Å²) in [4.78, 5) is 0. The van der Waals surface area contributed by atoms with Crippen LogP contribution in [0, 0.1) is 12.8 Å². The molecule has 0 amide bonds. The predicted octanol–water partition coefficient (Wildman–Crippen LogP) is 4.67. The third-order valence-corrected chi connectivity index (χ3v) is 5.85. The molecular formula is C24H33NO2. The zero-order valence-corrected chi connectivity index (χ0v) is 16.7. The van der Waals surface area contributed by atoms with E-state index in [0.29, 0.717) is 0 Å². The number of piperidine rings is 1. The molecule has 3 rings (SSSR count). The first-order valence-electron chi connectivity index (χ1n) is 10.2. The molecule has 3 heteroatoms. The summed E-state index contributed by atoms with van der Waals surface area (Å²) in [5.41, 5.74) is 3.83. The molecule has 1 unspecified atom stereocenters. The third kappa shape index (κ3) is 4.78. The van der Waals surface area contributed by atoms with Crippen molar-refractivity contribution in [3.8, 4) is 11.1 Å². The van der Waals surface area contributed by atoms with Gasteiger partial charge >= 0.3 is 0 Å². The summed E-state index contributed by atoms with van der Waals surface area (Å²) in [6, 6.07) is 17.0. The van der Waals surface area contributed by atoms with Gasteiger partial charge in [-0.2, -0.15) is 0 Å². The number of methoxy groups -OCH3 is 1. The lowest BCUT2D eigenvalue weighted by atomic mass is 9.72. The van der Waals surface area contributed by atoms with Gasteiger partial charge in [0, 0.05) is 26.2 Å². The highest BCUT2D eigenvalue weighted by molar-refractivity contribution is 5.69. The molecule has 0 bridgehead atoms. The van der Waals surface area contributed by atoms with E-state index in [-0.39, 0.29) is 5.92 Å². The van der Waals surface area contributed by atoms with E-state index in [4.69, 9.17) is 4.74 Å². The van der Waals surface area contributed by atoms with Gasteiger partial charge in [-0.3, -0.25) is 0 Å². The van der Waals surface area contributed by atoms with Gasteiger partial charge in [-0.25, -0.2) is 0 Å². The van der Waals surface area contributed by atoms with Crippen molar-refractivity contribution < 1.29 is 9.84 Å². The molecule has 0 saturated carbocycles. The van der Waals surface area contributed by atoms with Gasteiger partial charge in [0.2, 0.25) is 0 Å². The first-order chi connectivity index (χ1) is 13.1. The lowest BCUT2D eigenvalue weighted by molar-refractivity contribution is -0.0429. The average Bonchev–Trinajstić information content (AvgIpc) is 2.72. The fourth-order valence-corrected chi connectivity index (χ4v) is 4.38. The molecule has 0 radical (unpaired) electrons. The zero-order chi connectivity index (χ0) is 19.1. The normalized spacial score (nSPS) is 19.6. The van der Waals surface area contributed by atoms with E-state index in [2.05, 4.69) is 60.8 Å². The summed E-state index contributed by atoms with van der Waals surface area (Å²) in [5.74, 6) is 0.236. The Labute approximate surface area is 163 Å². The molecule has 1 heterocycles. The SMILES string of the molecule is COCCCC[C@@](O)(c1ccccc1-c1cccc(C)c1)C1CCCNC1. The number of nitrogens with one attached hydrogen (secondary N) is 1. The van der Waals surface area contributed by atoms with Crippen molar-refractivity contribution in [2.24, 2.45) is 5.92 Å². The number of aliphatic hydroxyl groups is 1. The van der Waals surface area contributed by atoms with Crippen LogP contribution in [0.3, 0.4) is 0 Å². The number of rotatable bonds is 8. The second-order valence-electron chi connectivity index (χ2n) is 7.83. The number of ether oxygens (including phenoxy) is 1. The van der Waals surface area contributed by atoms with Gasteiger partial charge in [-0.1, -0.05) is 54.1 Å². The number of hydrogen-bond acceptors (Lipinski definition) is 3. The van der Waals surface area contributed by atoms with E-state index >= 15 is 0 Å². The minimum Gasteiger partial charge on any atom is -0.385 e. The molecule has 2 N–H and O–H groups in total. The molecule has 1 fully saturated rings. The van der Waals surface area contributed by atoms with Crippen LogP contribution in [-0.4, -0.2) is 31.9 Å². The second kappa shape index (κ2) is 9.50. The van der Waals surface area contributed by atoms with Gasteiger partial charge in [0.05, 0.1) is 5.60 Å². The number of aryl methyl sites for hydroxylation is 1. The maximum Gasteiger partial charge on any atom is 0.0942 e. The van der Waals surface area contributed by atoms with Crippen LogP contribution in [0.4, 0.5) is 0 Å². The van der Waals surface area contributed by atoms with Crippen LogP contribution in [0.15, 0.2) is 48.5 Å². The predicted molar refractivity (Wildman–Crippen MR) is 112 cm³/mol. The van der Waals surface area contributed by atoms with Gasteiger partial charge in [-0.15, -0.1) is 0 Å². The van der Waals surface area contributed by atoms with Crippen molar-refractivity contribution in [3.05, 3.63) is 59.7 Å². The molecule has 146 valence electrons. The van der Waals surface area contributed by atoms with Gasteiger partial charge in [0.25, 0.3) is 0 Å². The van der Waals surface area contributed by atoms with Crippen molar-refractivity contribution in [3.63, 3.8) is 0 Å². The minimum absolute atomic E-state index is 0.236. The van der Waals surface area contributed by atoms with Crippen LogP contribution >= 0.6 is 0 Å². The number of hydrogen-bond donors (Lipinski definition) is 2. The Morgan fingerprint density at radius 1 is 1.15 bits per heavy atom. The maximum atomic E-state index is 12.0. The summed E-state index contributed by atoms with van der Waals surface area (Å²) in [6.45, 7) is 4.80. The van der Waals surface area contributed by atoms with E-state index in [0.717, 1.165) is 62.9 Å². The zero-order valence-electron chi connectivity index (χ0n) is 16.7. The summed E-state index contributed by atoms with van der Waals surface area (Å²) >= 11 is 0. The van der Waals surface area contributed by atoms with Crippen LogP contribution in [0.2, 0.25) is 0 Å². The smallest absolute Gasteiger partial charge is 0.0942 e. The Bertz CT molecular complexity index is 724. The van der Waals surface area contributed by atoms with Gasteiger partial charge < -0.3 is 15.2 Å². The largest absolute Gasteiger partial charge is 0.385 e. The minimum atomic E-state index is -0.818. The summed E-state index contributed by atoms with van der Waals surface area (Å²) in [7, 11) is 1.74. The maximum absolute atomic E-state index is 12.0. The molecule has 1 saturated heterocycles. The van der Waals surface area contributed by atoms with Crippen LogP contribution in [0.5, 0.6) is 0 Å². The average molecular weight is 368 g/mol. The molecule has 2 atom stereocenters. The molecule has 3 nitrogen and oxygen atoms in total. The summed E-state index contributed by atoms with van der Waals surface area (Å²) in [5, 5.41) is 15.5. The highest BCUT2D eigenvalue weighted by Gasteiger charge is 2.39. The Hall–Kier alpha value is -1.68. The first-order valence-corrected chi connectivity index (χ1v) is 10.2. The topological polar surface area (TPSA) is 41.5 Å². The van der Waals surface area contributed by atoms with E-state index < -0.39 is 5.60 Å². The third-order valence-electron chi connectivity index (χ3n) is 5.85. The molecule has 0 spiro atoms. The molecule has 2 aromatic carbocycles. The molecule has 0 aliphatic carbocycles. The van der Waals surface area contributed by atoms with Gasteiger partial charge in [-0.05, 0) is 62.3 Å². The van der Waals surface area contributed by atoms with Crippen LogP contribution in [-0.2, 0) is 10.3 Å². The fourth-order valence-electron chi connectivity index (χ4n) is 4.38. The molecule has 2 aromatic rings. The highest BCUT2D eigenvalue weighted by Crippen LogP contribution is 2.42. The molecule has 0 aromatic heterocycles. The second-order valence-corrected chi connectivity index (χ2v) is 7.83. The van der Waals surface area contributed by atoms with E-state index in [1.807, 2.05) is 0 Å². The van der Waals surface area contributed by atoms with Crippen molar-refractivity contribution in [1.29, 1.82) is 0 Å². The monoisotopic (exact) mass is 367 g/mol. The number of unbranched alkanes of at least 4 members (excludes halogenated alkanes) is 1.